The molecule has 5 nitrogen and oxygen atoms in total. The van der Waals surface area contributed by atoms with Gasteiger partial charge < -0.3 is 5.32 Å². The van der Waals surface area contributed by atoms with Gasteiger partial charge in [-0.05, 0) is 79.6 Å². The second kappa shape index (κ2) is 10.1. The normalized spacial score (nSPS) is 13.1. The molecule has 0 saturated heterocycles. The van der Waals surface area contributed by atoms with Crippen LogP contribution in [-0.4, -0.2) is 21.2 Å². The van der Waals surface area contributed by atoms with E-state index in [1.54, 1.807) is 15.9 Å². The van der Waals surface area contributed by atoms with Crippen molar-refractivity contribution in [1.82, 2.24) is 9.55 Å². The summed E-state index contributed by atoms with van der Waals surface area (Å²) >= 11 is 6.39. The number of thiophene rings is 1. The van der Waals surface area contributed by atoms with Crippen molar-refractivity contribution < 1.29 is 4.79 Å². The summed E-state index contributed by atoms with van der Waals surface area (Å²) in [5.74, 6) is 0.0335. The van der Waals surface area contributed by atoms with Crippen molar-refractivity contribution in [3.8, 4) is 5.69 Å². The molecule has 0 radical (unpaired) electrons. The van der Waals surface area contributed by atoms with E-state index in [1.165, 1.54) is 27.8 Å². The van der Waals surface area contributed by atoms with Crippen LogP contribution in [0, 0.1) is 0 Å². The van der Waals surface area contributed by atoms with Gasteiger partial charge >= 0.3 is 0 Å². The second-order valence-corrected chi connectivity index (χ2v) is 11.2. The monoisotopic (exact) mass is 553 g/mol. The number of hydrogen-bond donors (Lipinski definition) is 1. The molecule has 0 aliphatic heterocycles. The lowest BCUT2D eigenvalue weighted by atomic mass is 9.97. The van der Waals surface area contributed by atoms with E-state index in [-0.39, 0.29) is 17.2 Å². The fourth-order valence-electron chi connectivity index (χ4n) is 4.25. The zero-order valence-electron chi connectivity index (χ0n) is 18.8. The van der Waals surface area contributed by atoms with Crippen LogP contribution in [0.5, 0.6) is 0 Å². The molecule has 0 bridgehead atoms. The zero-order valence-corrected chi connectivity index (χ0v) is 22.0. The Hall–Kier alpha value is -2.42. The van der Waals surface area contributed by atoms with Gasteiger partial charge in [-0.2, -0.15) is 0 Å². The quantitative estimate of drug-likeness (QED) is 0.222. The minimum absolute atomic E-state index is 0.0511. The molecule has 0 spiro atoms. The van der Waals surface area contributed by atoms with E-state index in [1.807, 2.05) is 48.5 Å². The van der Waals surface area contributed by atoms with Crippen LogP contribution in [0.4, 0.5) is 5.69 Å². The molecule has 0 fully saturated rings. The van der Waals surface area contributed by atoms with Crippen molar-refractivity contribution >= 4 is 60.8 Å². The maximum absolute atomic E-state index is 13.8. The summed E-state index contributed by atoms with van der Waals surface area (Å²) < 4.78 is 2.60. The molecule has 2 aromatic carbocycles. The second-order valence-electron chi connectivity index (χ2n) is 8.29. The Morgan fingerprint density at radius 3 is 2.59 bits per heavy atom. The summed E-state index contributed by atoms with van der Waals surface area (Å²) in [5.41, 5.74) is 3.85. The maximum atomic E-state index is 13.8. The summed E-state index contributed by atoms with van der Waals surface area (Å²) in [4.78, 5) is 33.4. The van der Waals surface area contributed by atoms with Crippen molar-refractivity contribution in [2.75, 3.05) is 11.1 Å². The third-order valence-corrected chi connectivity index (χ3v) is 8.67. The molecule has 1 amide bonds. The molecule has 34 heavy (non-hydrogen) atoms. The number of carbonyl (C=O) groups excluding carboxylic acids is 1. The molecule has 174 valence electrons. The summed E-state index contributed by atoms with van der Waals surface area (Å²) in [6.07, 6.45) is 5.15. The molecule has 5 rings (SSSR count). The fraction of sp³-hybridized carbons (Fsp3) is 0.269. The van der Waals surface area contributed by atoms with E-state index in [4.69, 9.17) is 4.98 Å². The lowest BCUT2D eigenvalue weighted by Crippen LogP contribution is -2.23. The van der Waals surface area contributed by atoms with E-state index in [9.17, 15) is 9.59 Å². The van der Waals surface area contributed by atoms with E-state index in [2.05, 4.69) is 28.2 Å². The number of nitrogens with zero attached hydrogens (tertiary/aromatic N) is 2. The maximum Gasteiger partial charge on any atom is 0.267 e. The first kappa shape index (κ1) is 23.3. The molecule has 2 aromatic heterocycles. The summed E-state index contributed by atoms with van der Waals surface area (Å²) in [6, 6.07) is 15.5. The van der Waals surface area contributed by atoms with Gasteiger partial charge in [-0.3, -0.25) is 14.2 Å². The van der Waals surface area contributed by atoms with Gasteiger partial charge in [0.15, 0.2) is 5.16 Å². The summed E-state index contributed by atoms with van der Waals surface area (Å²) in [5, 5.41) is 4.22. The number of rotatable bonds is 6. The molecule has 0 unspecified atom stereocenters. The number of thioether (sulfide) groups is 1. The van der Waals surface area contributed by atoms with Crippen molar-refractivity contribution in [3.05, 3.63) is 79.4 Å². The van der Waals surface area contributed by atoms with Gasteiger partial charge in [-0.15, -0.1) is 11.3 Å². The first-order chi connectivity index (χ1) is 16.5. The van der Waals surface area contributed by atoms with Crippen LogP contribution >= 0.6 is 39.0 Å². The van der Waals surface area contributed by atoms with Gasteiger partial charge in [-0.25, -0.2) is 4.98 Å². The molecular weight excluding hydrogens is 530 g/mol. The highest BCUT2D eigenvalue weighted by atomic mass is 79.9. The van der Waals surface area contributed by atoms with Crippen LogP contribution < -0.4 is 10.9 Å². The Morgan fingerprint density at radius 1 is 1.12 bits per heavy atom. The Labute approximate surface area is 214 Å². The van der Waals surface area contributed by atoms with Crippen molar-refractivity contribution in [1.29, 1.82) is 0 Å². The number of anilines is 1. The SMILES string of the molecule is CCc1ccc(NC(=O)CSc2nc3sc4c(c3c(=O)n2-c2ccc(Br)cc2)CCCC4)cc1. The van der Waals surface area contributed by atoms with Crippen molar-refractivity contribution in [2.24, 2.45) is 0 Å². The van der Waals surface area contributed by atoms with Crippen LogP contribution in [-0.2, 0) is 24.1 Å². The Balaban J connectivity index is 1.48. The molecule has 8 heteroatoms. The number of nitrogens with one attached hydrogen (secondary N) is 1. The minimum Gasteiger partial charge on any atom is -0.325 e. The number of amides is 1. The smallest absolute Gasteiger partial charge is 0.267 e. The highest BCUT2D eigenvalue weighted by molar-refractivity contribution is 9.10. The van der Waals surface area contributed by atoms with Crippen molar-refractivity contribution in [2.45, 2.75) is 44.2 Å². The Kier molecular flexibility index (Phi) is 6.90. The number of carbonyl (C=O) groups is 1. The number of hydrogen-bond acceptors (Lipinski definition) is 5. The van der Waals surface area contributed by atoms with Crippen LogP contribution in [0.1, 0.15) is 35.8 Å². The highest BCUT2D eigenvalue weighted by Crippen LogP contribution is 2.35. The van der Waals surface area contributed by atoms with Crippen LogP contribution in [0.3, 0.4) is 0 Å². The largest absolute Gasteiger partial charge is 0.325 e. The molecular formula is C26H24BrN3O2S2. The summed E-state index contributed by atoms with van der Waals surface area (Å²) in [7, 11) is 0. The van der Waals surface area contributed by atoms with Gasteiger partial charge in [0.1, 0.15) is 4.83 Å². The van der Waals surface area contributed by atoms with Gasteiger partial charge in [0.2, 0.25) is 5.91 Å². The predicted octanol–water partition coefficient (Wildman–Crippen LogP) is 6.38. The summed E-state index contributed by atoms with van der Waals surface area (Å²) in [6.45, 7) is 2.10. The topological polar surface area (TPSA) is 64.0 Å². The zero-order chi connectivity index (χ0) is 23.7. The molecule has 1 N–H and O–H groups in total. The first-order valence-corrected chi connectivity index (χ1v) is 14.0. The molecule has 0 saturated carbocycles. The third kappa shape index (κ3) is 4.72. The number of aromatic nitrogens is 2. The number of aryl methyl sites for hydroxylation is 3. The van der Waals surface area contributed by atoms with E-state index >= 15 is 0 Å². The highest BCUT2D eigenvalue weighted by Gasteiger charge is 2.23. The number of benzene rings is 2. The minimum atomic E-state index is -0.128. The van der Waals surface area contributed by atoms with E-state index in [0.29, 0.717) is 5.16 Å². The number of fused-ring (bicyclic) bond motifs is 3. The van der Waals surface area contributed by atoms with Gasteiger partial charge in [0.25, 0.3) is 5.56 Å². The lowest BCUT2D eigenvalue weighted by Gasteiger charge is -2.14. The van der Waals surface area contributed by atoms with Crippen molar-refractivity contribution in [3.63, 3.8) is 0 Å². The van der Waals surface area contributed by atoms with Crippen LogP contribution in [0.2, 0.25) is 0 Å². The molecule has 2 heterocycles. The average molecular weight is 555 g/mol. The number of halogens is 1. The first-order valence-electron chi connectivity index (χ1n) is 11.4. The fourth-order valence-corrected chi connectivity index (χ4v) is 6.63. The standard InChI is InChI=1S/C26H24BrN3O2S2/c1-2-16-7-11-18(12-8-16)28-22(31)15-33-26-29-24-23(20-5-3-4-6-21(20)34-24)25(32)30(26)19-13-9-17(27)10-14-19/h7-14H,2-6,15H2,1H3,(H,28,31). The van der Waals surface area contributed by atoms with E-state index < -0.39 is 0 Å². The molecule has 4 aromatic rings. The van der Waals surface area contributed by atoms with Gasteiger partial charge in [0.05, 0.1) is 16.8 Å². The van der Waals surface area contributed by atoms with E-state index in [0.717, 1.165) is 58.2 Å². The van der Waals surface area contributed by atoms with Gasteiger partial charge in [-0.1, -0.05) is 46.7 Å². The average Bonchev–Trinajstić information content (AvgIpc) is 3.23. The third-order valence-electron chi connectivity index (χ3n) is 6.02. The van der Waals surface area contributed by atoms with Gasteiger partial charge in [0, 0.05) is 15.0 Å². The van der Waals surface area contributed by atoms with Crippen LogP contribution in [0.25, 0.3) is 15.9 Å². The predicted molar refractivity (Wildman–Crippen MR) is 145 cm³/mol. The molecule has 0 atom stereocenters. The lowest BCUT2D eigenvalue weighted by molar-refractivity contribution is -0.113. The molecule has 1 aliphatic rings. The Morgan fingerprint density at radius 2 is 1.85 bits per heavy atom. The Bertz CT molecular complexity index is 1410. The molecule has 1 aliphatic carbocycles. The van der Waals surface area contributed by atoms with Crippen LogP contribution in [0.15, 0.2) is 63.0 Å².